The molecule has 0 aliphatic carbocycles. The number of halogens is 2. The summed E-state index contributed by atoms with van der Waals surface area (Å²) in [5.41, 5.74) is 2.40. The van der Waals surface area contributed by atoms with Gasteiger partial charge in [0.05, 0.1) is 12.1 Å². The number of rotatable bonds is 7. The minimum Gasteiger partial charge on any atom is -0.454 e. The van der Waals surface area contributed by atoms with E-state index >= 15 is 0 Å². The normalized spacial score (nSPS) is 13.0. The van der Waals surface area contributed by atoms with Crippen molar-refractivity contribution in [2.24, 2.45) is 4.99 Å². The Morgan fingerprint density at radius 1 is 1.13 bits per heavy atom. The second-order valence-corrected chi connectivity index (χ2v) is 6.73. The summed E-state index contributed by atoms with van der Waals surface area (Å²) in [6.07, 6.45) is 1.76. The summed E-state index contributed by atoms with van der Waals surface area (Å²) in [4.78, 5) is 8.98. The van der Waals surface area contributed by atoms with Crippen LogP contribution in [0.5, 0.6) is 17.2 Å². The van der Waals surface area contributed by atoms with Crippen molar-refractivity contribution in [1.82, 2.24) is 15.6 Å². The Bertz CT molecular complexity index is 1090. The second-order valence-electron chi connectivity index (χ2n) is 6.73. The van der Waals surface area contributed by atoms with Crippen LogP contribution in [-0.2, 0) is 13.1 Å². The zero-order valence-electron chi connectivity index (χ0n) is 16.9. The lowest BCUT2D eigenvalue weighted by atomic mass is 10.1. The highest BCUT2D eigenvalue weighted by Gasteiger charge is 2.20. The van der Waals surface area contributed by atoms with Crippen molar-refractivity contribution in [3.63, 3.8) is 0 Å². The zero-order valence-corrected chi connectivity index (χ0v) is 16.9. The highest BCUT2D eigenvalue weighted by atomic mass is 19.3. The lowest BCUT2D eigenvalue weighted by Crippen LogP contribution is -2.36. The third kappa shape index (κ3) is 4.93. The van der Waals surface area contributed by atoms with Crippen molar-refractivity contribution < 1.29 is 23.0 Å². The minimum absolute atomic E-state index is 0.0112. The molecule has 2 aromatic carbocycles. The quantitative estimate of drug-likeness (QED) is 0.440. The maximum Gasteiger partial charge on any atom is 0.387 e. The van der Waals surface area contributed by atoms with Crippen LogP contribution in [0, 0.1) is 0 Å². The van der Waals surface area contributed by atoms with E-state index in [1.54, 1.807) is 12.3 Å². The predicted molar refractivity (Wildman–Crippen MR) is 113 cm³/mol. The first-order valence-electron chi connectivity index (χ1n) is 9.86. The number of para-hydroxylation sites is 1. The number of fused-ring (bicyclic) bond motifs is 2. The molecule has 2 N–H and O–H groups in total. The van der Waals surface area contributed by atoms with Crippen molar-refractivity contribution in [2.75, 3.05) is 13.3 Å². The molecule has 0 atom stereocenters. The summed E-state index contributed by atoms with van der Waals surface area (Å²) in [6, 6.07) is 12.9. The van der Waals surface area contributed by atoms with E-state index in [4.69, 9.17) is 9.47 Å². The van der Waals surface area contributed by atoms with Crippen LogP contribution in [0.4, 0.5) is 8.78 Å². The van der Waals surface area contributed by atoms with Gasteiger partial charge in [0.1, 0.15) is 5.75 Å². The molecule has 0 spiro atoms. The minimum atomic E-state index is -2.95. The maximum absolute atomic E-state index is 12.8. The number of hydrogen-bond acceptors (Lipinski definition) is 5. The van der Waals surface area contributed by atoms with Crippen LogP contribution in [0.1, 0.15) is 18.1 Å². The van der Waals surface area contributed by atoms with E-state index in [2.05, 4.69) is 25.3 Å². The number of aliphatic imine (C=N–C) groups is 1. The number of aromatic nitrogens is 1. The smallest absolute Gasteiger partial charge is 0.387 e. The molecule has 0 saturated carbocycles. The van der Waals surface area contributed by atoms with Gasteiger partial charge in [-0.15, -0.1) is 0 Å². The van der Waals surface area contributed by atoms with Gasteiger partial charge in [-0.1, -0.05) is 24.3 Å². The van der Waals surface area contributed by atoms with E-state index in [1.807, 2.05) is 37.3 Å². The summed E-state index contributed by atoms with van der Waals surface area (Å²) < 4.78 is 40.9. The first-order chi connectivity index (χ1) is 15.1. The SMILES string of the molecule is CCNC(=NCc1cc2c(cc1OC(F)F)OCO2)NCc1cccc2cccnc12. The van der Waals surface area contributed by atoms with E-state index in [-0.39, 0.29) is 19.1 Å². The molecule has 0 amide bonds. The molecule has 9 heteroatoms. The Kier molecular flexibility index (Phi) is 6.30. The fraction of sp³-hybridized carbons (Fsp3) is 0.273. The van der Waals surface area contributed by atoms with Crippen molar-refractivity contribution in [3.8, 4) is 17.2 Å². The molecule has 0 saturated heterocycles. The number of hydrogen-bond donors (Lipinski definition) is 2. The molecule has 2 heterocycles. The van der Waals surface area contributed by atoms with Gasteiger partial charge in [0, 0.05) is 36.3 Å². The summed E-state index contributed by atoms with van der Waals surface area (Å²) in [5, 5.41) is 7.48. The fourth-order valence-electron chi connectivity index (χ4n) is 3.29. The van der Waals surface area contributed by atoms with E-state index < -0.39 is 6.61 Å². The lowest BCUT2D eigenvalue weighted by molar-refractivity contribution is -0.0505. The van der Waals surface area contributed by atoms with Crippen molar-refractivity contribution in [1.29, 1.82) is 0 Å². The van der Waals surface area contributed by atoms with Crippen LogP contribution in [0.2, 0.25) is 0 Å². The second kappa shape index (κ2) is 9.46. The molecule has 1 aliphatic heterocycles. The Balaban J connectivity index is 1.53. The molecule has 0 bridgehead atoms. The number of guanidine groups is 1. The Labute approximate surface area is 178 Å². The Morgan fingerprint density at radius 3 is 2.74 bits per heavy atom. The molecule has 0 radical (unpaired) electrons. The van der Waals surface area contributed by atoms with Gasteiger partial charge >= 0.3 is 6.61 Å². The summed E-state index contributed by atoms with van der Waals surface area (Å²) >= 11 is 0. The number of nitrogens with one attached hydrogen (secondary N) is 2. The summed E-state index contributed by atoms with van der Waals surface area (Å²) in [5.74, 6) is 1.40. The van der Waals surface area contributed by atoms with Crippen molar-refractivity contribution in [2.45, 2.75) is 26.6 Å². The number of benzene rings is 2. The molecule has 0 unspecified atom stereocenters. The van der Waals surface area contributed by atoms with Gasteiger partial charge in [0.15, 0.2) is 17.5 Å². The van der Waals surface area contributed by atoms with Gasteiger partial charge in [-0.25, -0.2) is 4.99 Å². The third-order valence-corrected chi connectivity index (χ3v) is 4.69. The van der Waals surface area contributed by atoms with Crippen LogP contribution in [0.25, 0.3) is 10.9 Å². The molecular weight excluding hydrogens is 406 g/mol. The largest absolute Gasteiger partial charge is 0.454 e. The van der Waals surface area contributed by atoms with Gasteiger partial charge < -0.3 is 24.8 Å². The van der Waals surface area contributed by atoms with E-state index in [0.29, 0.717) is 36.1 Å². The van der Waals surface area contributed by atoms with Crippen LogP contribution >= 0.6 is 0 Å². The highest BCUT2D eigenvalue weighted by molar-refractivity contribution is 5.83. The molecule has 162 valence electrons. The molecule has 0 fully saturated rings. The molecule has 31 heavy (non-hydrogen) atoms. The molecule has 4 rings (SSSR count). The summed E-state index contributed by atoms with van der Waals surface area (Å²) in [7, 11) is 0. The average molecular weight is 428 g/mol. The number of pyridine rings is 1. The Morgan fingerprint density at radius 2 is 1.94 bits per heavy atom. The average Bonchev–Trinajstić information content (AvgIpc) is 3.22. The van der Waals surface area contributed by atoms with Gasteiger partial charge in [-0.05, 0) is 24.6 Å². The van der Waals surface area contributed by atoms with E-state index in [9.17, 15) is 8.78 Å². The van der Waals surface area contributed by atoms with Crippen LogP contribution in [0.3, 0.4) is 0 Å². The molecule has 7 nitrogen and oxygen atoms in total. The van der Waals surface area contributed by atoms with E-state index in [0.717, 1.165) is 16.5 Å². The molecule has 1 aromatic heterocycles. The Hall–Kier alpha value is -3.62. The van der Waals surface area contributed by atoms with Gasteiger partial charge in [0.25, 0.3) is 0 Å². The molecule has 1 aliphatic rings. The molecular formula is C22H22F2N4O3. The van der Waals surface area contributed by atoms with Crippen molar-refractivity contribution in [3.05, 3.63) is 59.8 Å². The predicted octanol–water partition coefficient (Wildman–Crippen LogP) is 3.82. The first-order valence-corrected chi connectivity index (χ1v) is 9.86. The number of nitrogens with zero attached hydrogens (tertiary/aromatic N) is 2. The topological polar surface area (TPSA) is 77.0 Å². The standard InChI is InChI=1S/C22H22F2N4O3/c1-2-25-22(27-11-15-6-3-5-14-7-4-8-26-20(14)15)28-12-16-9-18-19(30-13-29-18)10-17(16)31-21(23)24/h3-10,21H,2,11-13H2,1H3,(H2,25,27,28). The first kappa shape index (κ1) is 20.6. The van der Waals surface area contributed by atoms with Crippen molar-refractivity contribution >= 4 is 16.9 Å². The summed E-state index contributed by atoms with van der Waals surface area (Å²) in [6.45, 7) is 0.292. The third-order valence-electron chi connectivity index (χ3n) is 4.69. The van der Waals surface area contributed by atoms with Crippen LogP contribution in [-0.4, -0.2) is 30.9 Å². The van der Waals surface area contributed by atoms with Gasteiger partial charge in [0.2, 0.25) is 6.79 Å². The van der Waals surface area contributed by atoms with Crippen LogP contribution in [0.15, 0.2) is 53.7 Å². The lowest BCUT2D eigenvalue weighted by Gasteiger charge is -2.14. The number of ether oxygens (including phenoxy) is 3. The van der Waals surface area contributed by atoms with Gasteiger partial charge in [-0.2, -0.15) is 8.78 Å². The van der Waals surface area contributed by atoms with Gasteiger partial charge in [-0.3, -0.25) is 4.98 Å². The fourth-order valence-corrected chi connectivity index (χ4v) is 3.29. The maximum atomic E-state index is 12.8. The number of alkyl halides is 2. The van der Waals surface area contributed by atoms with Crippen LogP contribution < -0.4 is 24.8 Å². The monoisotopic (exact) mass is 428 g/mol. The van der Waals surface area contributed by atoms with E-state index in [1.165, 1.54) is 6.07 Å². The zero-order chi connectivity index (χ0) is 21.6. The molecule has 3 aromatic rings. The highest BCUT2D eigenvalue weighted by Crippen LogP contribution is 2.39.